The summed E-state index contributed by atoms with van der Waals surface area (Å²) in [5, 5.41) is 18.5. The van der Waals surface area contributed by atoms with Crippen LogP contribution in [0, 0.1) is 5.92 Å². The number of esters is 2. The molecule has 3 atom stereocenters. The number of carbonyl (C=O) groups excluding carboxylic acids is 2. The molecule has 300 valence electrons. The summed E-state index contributed by atoms with van der Waals surface area (Å²) in [5.74, 6) is -5.25. The van der Waals surface area contributed by atoms with Crippen LogP contribution < -0.4 is 0 Å². The van der Waals surface area contributed by atoms with E-state index in [1.807, 2.05) is 13.8 Å². The smallest absolute Gasteiger partial charge is 0.416 e. The predicted octanol–water partition coefficient (Wildman–Crippen LogP) is 5.08. The summed E-state index contributed by atoms with van der Waals surface area (Å²) < 4.78 is 75.6. The van der Waals surface area contributed by atoms with E-state index in [2.05, 4.69) is 4.90 Å². The van der Waals surface area contributed by atoms with Gasteiger partial charge in [0.2, 0.25) is 12.2 Å². The lowest BCUT2D eigenvalue weighted by atomic mass is 9.96. The van der Waals surface area contributed by atoms with Crippen molar-refractivity contribution in [3.8, 4) is 0 Å². The van der Waals surface area contributed by atoms with Gasteiger partial charge in [-0.2, -0.15) is 30.2 Å². The quantitative estimate of drug-likeness (QED) is 0.197. The molecule has 0 spiro atoms. The highest BCUT2D eigenvalue weighted by molar-refractivity contribution is 7.86. The van der Waals surface area contributed by atoms with Crippen molar-refractivity contribution >= 4 is 34.1 Å². The first-order chi connectivity index (χ1) is 25.8. The Kier molecular flexibility index (Phi) is 16.4. The van der Waals surface area contributed by atoms with Gasteiger partial charge in [0.05, 0.1) is 16.7 Å². The van der Waals surface area contributed by atoms with E-state index in [-0.39, 0.29) is 17.2 Å². The zero-order chi connectivity index (χ0) is 40.9. The van der Waals surface area contributed by atoms with Crippen LogP contribution in [0.4, 0.5) is 13.2 Å². The molecule has 0 radical (unpaired) electrons. The van der Waals surface area contributed by atoms with Crippen molar-refractivity contribution in [1.29, 1.82) is 0 Å². The molecule has 0 amide bonds. The Morgan fingerprint density at radius 3 is 1.69 bits per heavy atom. The minimum atomic E-state index is -4.33. The Morgan fingerprint density at radius 2 is 1.29 bits per heavy atom. The molecule has 3 aromatic rings. The molecule has 55 heavy (non-hydrogen) atoms. The van der Waals surface area contributed by atoms with E-state index in [1.165, 1.54) is 83.4 Å². The number of piperidine rings is 1. The fourth-order valence-electron chi connectivity index (χ4n) is 5.85. The first kappa shape index (κ1) is 44.6. The Morgan fingerprint density at radius 1 is 0.818 bits per heavy atom. The molecule has 0 saturated carbocycles. The van der Waals surface area contributed by atoms with E-state index < -0.39 is 58.0 Å². The molecule has 17 heteroatoms. The van der Waals surface area contributed by atoms with Gasteiger partial charge in [-0.1, -0.05) is 61.5 Å². The third-order valence-corrected chi connectivity index (χ3v) is 10.9. The molecule has 0 bridgehead atoms. The minimum absolute atomic E-state index is 0.0253. The highest BCUT2D eigenvalue weighted by Crippen LogP contribution is 2.30. The van der Waals surface area contributed by atoms with Crippen LogP contribution in [0.15, 0.2) is 84.9 Å². The molecule has 0 aliphatic carbocycles. The van der Waals surface area contributed by atoms with Gasteiger partial charge in [-0.3, -0.25) is 0 Å². The molecule has 4 rings (SSSR count). The van der Waals surface area contributed by atoms with Crippen molar-refractivity contribution in [1.82, 2.24) is 13.5 Å². The maximum Gasteiger partial charge on any atom is 0.416 e. The third-order valence-electron chi connectivity index (χ3n) is 8.92. The van der Waals surface area contributed by atoms with Crippen molar-refractivity contribution < 1.29 is 60.5 Å². The lowest BCUT2D eigenvalue weighted by molar-refractivity contribution is -0.166. The molecule has 1 unspecified atom stereocenters. The minimum Gasteiger partial charge on any atom is -0.478 e. The van der Waals surface area contributed by atoms with Crippen LogP contribution in [0.5, 0.6) is 0 Å². The van der Waals surface area contributed by atoms with Crippen LogP contribution in [0.1, 0.15) is 58.5 Å². The average Bonchev–Trinajstić information content (AvgIpc) is 3.15. The SMILES string of the molecule is CCN(CC1CCN(S(=O)(=O)N(C)C)CC1)C(C)Cc1cccc(C(F)(F)F)c1.O=C(O[C@@H](C(=O)O)[C@@H](OC(=O)c1ccccc1)C(=O)O)c1ccccc1. The fourth-order valence-corrected chi connectivity index (χ4v) is 6.98. The second kappa shape index (κ2) is 20.2. The maximum absolute atomic E-state index is 12.9. The van der Waals surface area contributed by atoms with E-state index in [0.717, 1.165) is 32.0 Å². The van der Waals surface area contributed by atoms with Crippen LogP contribution >= 0.6 is 0 Å². The van der Waals surface area contributed by atoms with Crippen molar-refractivity contribution in [2.24, 2.45) is 5.92 Å². The molecule has 1 aliphatic heterocycles. The molecule has 1 heterocycles. The van der Waals surface area contributed by atoms with E-state index in [1.54, 1.807) is 18.2 Å². The zero-order valence-corrected chi connectivity index (χ0v) is 31.7. The monoisotopic (exact) mass is 793 g/mol. The molecule has 1 fully saturated rings. The standard InChI is InChI=1S/C20H32F3N3O2S.C18H14O8/c1-5-25(15-17-9-11-26(12-10-17)29(27,28)24(3)4)16(2)13-18-7-6-8-19(14-18)20(21,22)23;19-15(20)13(25-17(23)11-7-3-1-4-8-11)14(16(21)22)26-18(24)12-9-5-2-6-10-12/h6-8,14,16-17H,5,9-13,15H2,1-4H3;1-10,13-14H,(H,19,20)(H,21,22)/t;13-,14-/m.1/s1. The van der Waals surface area contributed by atoms with E-state index >= 15 is 0 Å². The third kappa shape index (κ3) is 13.2. The van der Waals surface area contributed by atoms with Gasteiger partial charge >= 0.3 is 30.1 Å². The summed E-state index contributed by atoms with van der Waals surface area (Å²) >= 11 is 0. The van der Waals surface area contributed by atoms with E-state index in [4.69, 9.17) is 9.47 Å². The summed E-state index contributed by atoms with van der Waals surface area (Å²) in [5.41, 5.74) is 0.118. The number of ether oxygens (including phenoxy) is 2. The molecule has 1 saturated heterocycles. The number of carboxylic acid groups (broad SMARTS) is 2. The lowest BCUT2D eigenvalue weighted by Gasteiger charge is -2.37. The van der Waals surface area contributed by atoms with E-state index in [9.17, 15) is 51.0 Å². The fraction of sp³-hybridized carbons (Fsp3) is 0.421. The Labute approximate surface area is 318 Å². The van der Waals surface area contributed by atoms with Crippen molar-refractivity contribution in [2.45, 2.75) is 57.5 Å². The number of halogens is 3. The van der Waals surface area contributed by atoms with Crippen LogP contribution in [-0.4, -0.2) is 115 Å². The average molecular weight is 794 g/mol. The summed E-state index contributed by atoms with van der Waals surface area (Å²) in [4.78, 5) is 49.1. The van der Waals surface area contributed by atoms with Crippen molar-refractivity contribution in [2.75, 3.05) is 40.3 Å². The molecule has 1 aliphatic rings. The predicted molar refractivity (Wildman–Crippen MR) is 195 cm³/mol. The van der Waals surface area contributed by atoms with Gasteiger partial charge in [-0.25, -0.2) is 19.2 Å². The van der Waals surface area contributed by atoms with Gasteiger partial charge in [-0.15, -0.1) is 0 Å². The van der Waals surface area contributed by atoms with Crippen LogP contribution in [0.2, 0.25) is 0 Å². The molecule has 0 aromatic heterocycles. The largest absolute Gasteiger partial charge is 0.478 e. The zero-order valence-electron chi connectivity index (χ0n) is 30.9. The van der Waals surface area contributed by atoms with Crippen LogP contribution in [-0.2, 0) is 41.9 Å². The first-order valence-corrected chi connectivity index (χ1v) is 18.8. The first-order valence-electron chi connectivity index (χ1n) is 17.4. The summed E-state index contributed by atoms with van der Waals surface area (Å²) in [7, 11) is -0.295. The lowest BCUT2D eigenvalue weighted by Crippen LogP contribution is -2.47. The summed E-state index contributed by atoms with van der Waals surface area (Å²) in [6, 6.07) is 20.5. The number of rotatable bonds is 15. The molecule has 2 N–H and O–H groups in total. The van der Waals surface area contributed by atoms with Gasteiger partial charge in [0, 0.05) is 39.8 Å². The van der Waals surface area contributed by atoms with Gasteiger partial charge in [-0.05, 0) is 74.5 Å². The van der Waals surface area contributed by atoms with Gasteiger partial charge in [0.15, 0.2) is 0 Å². The second-order valence-electron chi connectivity index (χ2n) is 13.0. The van der Waals surface area contributed by atoms with Crippen molar-refractivity contribution in [3.63, 3.8) is 0 Å². The van der Waals surface area contributed by atoms with Crippen molar-refractivity contribution in [3.05, 3.63) is 107 Å². The highest BCUT2D eigenvalue weighted by atomic mass is 32.2. The van der Waals surface area contributed by atoms with E-state index in [0.29, 0.717) is 31.0 Å². The number of hydrogen-bond donors (Lipinski definition) is 2. The molecule has 13 nitrogen and oxygen atoms in total. The van der Waals surface area contributed by atoms with Crippen LogP contribution in [0.25, 0.3) is 0 Å². The topological polar surface area (TPSA) is 171 Å². The summed E-state index contributed by atoms with van der Waals surface area (Å²) in [6.07, 6.45) is -6.63. The van der Waals surface area contributed by atoms with Gasteiger partial charge in [0.25, 0.3) is 10.2 Å². The number of hydrogen-bond acceptors (Lipinski definition) is 9. The number of carboxylic acids is 2. The number of aliphatic carboxylic acids is 2. The number of benzene rings is 3. The Bertz CT molecular complexity index is 1770. The maximum atomic E-state index is 12.9. The Hall–Kier alpha value is -4.84. The second-order valence-corrected chi connectivity index (χ2v) is 15.2. The van der Waals surface area contributed by atoms with Gasteiger partial charge in [0.1, 0.15) is 0 Å². The molecule has 3 aromatic carbocycles. The highest BCUT2D eigenvalue weighted by Gasteiger charge is 2.41. The molecular formula is C38H46F3N3O10S. The number of carbonyl (C=O) groups is 4. The Balaban J connectivity index is 0.000000297. The van der Waals surface area contributed by atoms with Gasteiger partial charge < -0.3 is 24.6 Å². The summed E-state index contributed by atoms with van der Waals surface area (Å²) in [6.45, 7) is 6.72. The molecular weight excluding hydrogens is 747 g/mol. The number of likely N-dealkylation sites (N-methyl/N-ethyl adjacent to an activating group) is 1. The number of alkyl halides is 3. The van der Waals surface area contributed by atoms with Crippen LogP contribution in [0.3, 0.4) is 0 Å². The normalized spacial score (nSPS) is 15.7. The number of nitrogens with zero attached hydrogens (tertiary/aromatic N) is 3.